The highest BCUT2D eigenvalue weighted by molar-refractivity contribution is 9.08. The highest BCUT2D eigenvalue weighted by Crippen LogP contribution is 2.35. The molecule has 1 aromatic heterocycles. The summed E-state index contributed by atoms with van der Waals surface area (Å²) < 4.78 is 19.2. The van der Waals surface area contributed by atoms with Gasteiger partial charge in [0.1, 0.15) is 11.6 Å². The van der Waals surface area contributed by atoms with Crippen molar-refractivity contribution in [3.05, 3.63) is 28.9 Å². The molecular formula is C10H8BrFOS. The SMILES string of the molecule is COc1cc(F)cc2cc(CBr)sc12. The number of alkyl halides is 1. The Balaban J connectivity index is 2.71. The molecule has 0 saturated heterocycles. The molecule has 74 valence electrons. The van der Waals surface area contributed by atoms with Gasteiger partial charge < -0.3 is 4.74 Å². The highest BCUT2D eigenvalue weighted by atomic mass is 79.9. The Morgan fingerprint density at radius 3 is 2.86 bits per heavy atom. The minimum atomic E-state index is -0.256. The van der Waals surface area contributed by atoms with Crippen molar-refractivity contribution < 1.29 is 9.13 Å². The van der Waals surface area contributed by atoms with E-state index in [2.05, 4.69) is 15.9 Å². The Labute approximate surface area is 93.6 Å². The summed E-state index contributed by atoms with van der Waals surface area (Å²) in [4.78, 5) is 1.17. The summed E-state index contributed by atoms with van der Waals surface area (Å²) >= 11 is 5.00. The zero-order chi connectivity index (χ0) is 10.1. The molecule has 14 heavy (non-hydrogen) atoms. The van der Waals surface area contributed by atoms with Crippen LogP contribution in [-0.4, -0.2) is 7.11 Å². The number of hydrogen-bond donors (Lipinski definition) is 0. The van der Waals surface area contributed by atoms with Crippen LogP contribution in [-0.2, 0) is 5.33 Å². The fourth-order valence-electron chi connectivity index (χ4n) is 1.36. The Hall–Kier alpha value is -0.610. The van der Waals surface area contributed by atoms with Gasteiger partial charge in [-0.3, -0.25) is 0 Å². The lowest BCUT2D eigenvalue weighted by Gasteiger charge is -2.00. The maximum Gasteiger partial charge on any atom is 0.139 e. The molecule has 4 heteroatoms. The van der Waals surface area contributed by atoms with Gasteiger partial charge in [0.2, 0.25) is 0 Å². The Morgan fingerprint density at radius 2 is 2.21 bits per heavy atom. The zero-order valence-corrected chi connectivity index (χ0v) is 9.91. The van der Waals surface area contributed by atoms with Crippen molar-refractivity contribution in [2.75, 3.05) is 7.11 Å². The molecule has 0 aliphatic rings. The van der Waals surface area contributed by atoms with E-state index in [-0.39, 0.29) is 5.82 Å². The van der Waals surface area contributed by atoms with Crippen molar-refractivity contribution >= 4 is 37.4 Å². The van der Waals surface area contributed by atoms with Crippen LogP contribution >= 0.6 is 27.3 Å². The van der Waals surface area contributed by atoms with E-state index in [1.807, 2.05) is 6.07 Å². The fraction of sp³-hybridized carbons (Fsp3) is 0.200. The van der Waals surface area contributed by atoms with Crippen LogP contribution in [0, 0.1) is 5.82 Å². The van der Waals surface area contributed by atoms with Gasteiger partial charge in [0.15, 0.2) is 0 Å². The van der Waals surface area contributed by atoms with Gasteiger partial charge >= 0.3 is 0 Å². The lowest BCUT2D eigenvalue weighted by Crippen LogP contribution is -1.83. The van der Waals surface area contributed by atoms with Crippen LogP contribution in [0.25, 0.3) is 10.1 Å². The number of benzene rings is 1. The molecule has 0 unspecified atom stereocenters. The molecular weight excluding hydrogens is 267 g/mol. The number of halogens is 2. The van der Waals surface area contributed by atoms with E-state index in [1.165, 1.54) is 17.0 Å². The second kappa shape index (κ2) is 3.87. The van der Waals surface area contributed by atoms with E-state index in [1.54, 1.807) is 18.4 Å². The monoisotopic (exact) mass is 274 g/mol. The summed E-state index contributed by atoms with van der Waals surface area (Å²) in [6.07, 6.45) is 0. The van der Waals surface area contributed by atoms with Crippen molar-refractivity contribution in [2.24, 2.45) is 0 Å². The Morgan fingerprint density at radius 1 is 1.43 bits per heavy atom. The number of thiophene rings is 1. The topological polar surface area (TPSA) is 9.23 Å². The summed E-state index contributed by atoms with van der Waals surface area (Å²) in [6.45, 7) is 0. The van der Waals surface area contributed by atoms with E-state index in [4.69, 9.17) is 4.74 Å². The molecule has 0 bridgehead atoms. The van der Waals surface area contributed by atoms with Gasteiger partial charge in [0, 0.05) is 16.3 Å². The van der Waals surface area contributed by atoms with E-state index in [0.29, 0.717) is 5.75 Å². The fourth-order valence-corrected chi connectivity index (χ4v) is 2.84. The second-order valence-corrected chi connectivity index (χ2v) is 4.57. The molecule has 2 aromatic rings. The van der Waals surface area contributed by atoms with Crippen molar-refractivity contribution in [3.63, 3.8) is 0 Å². The first-order valence-electron chi connectivity index (χ1n) is 4.06. The van der Waals surface area contributed by atoms with Gasteiger partial charge in [-0.15, -0.1) is 11.3 Å². The largest absolute Gasteiger partial charge is 0.495 e. The van der Waals surface area contributed by atoms with Crippen molar-refractivity contribution in [1.82, 2.24) is 0 Å². The quantitative estimate of drug-likeness (QED) is 0.754. The standard InChI is InChI=1S/C10H8BrFOS/c1-13-9-4-7(12)2-6-3-8(5-11)14-10(6)9/h2-4H,5H2,1H3. The first kappa shape index (κ1) is 9.93. The van der Waals surface area contributed by atoms with Crippen LogP contribution in [0.4, 0.5) is 4.39 Å². The van der Waals surface area contributed by atoms with E-state index in [0.717, 1.165) is 15.4 Å². The predicted octanol–water partition coefficient (Wildman–Crippen LogP) is 3.94. The van der Waals surface area contributed by atoms with Crippen LogP contribution in [0.1, 0.15) is 4.88 Å². The van der Waals surface area contributed by atoms with E-state index >= 15 is 0 Å². The van der Waals surface area contributed by atoms with Gasteiger partial charge in [-0.05, 0) is 17.5 Å². The smallest absolute Gasteiger partial charge is 0.139 e. The molecule has 0 fully saturated rings. The zero-order valence-electron chi connectivity index (χ0n) is 7.51. The minimum Gasteiger partial charge on any atom is -0.495 e. The third kappa shape index (κ3) is 1.64. The van der Waals surface area contributed by atoms with Crippen molar-refractivity contribution in [1.29, 1.82) is 0 Å². The number of rotatable bonds is 2. The first-order chi connectivity index (χ1) is 6.74. The van der Waals surface area contributed by atoms with Crippen LogP contribution in [0.5, 0.6) is 5.75 Å². The van der Waals surface area contributed by atoms with Crippen LogP contribution in [0.3, 0.4) is 0 Å². The normalized spacial score (nSPS) is 10.8. The molecule has 0 N–H and O–H groups in total. The van der Waals surface area contributed by atoms with Gasteiger partial charge in [-0.1, -0.05) is 15.9 Å². The average molecular weight is 275 g/mol. The number of ether oxygens (including phenoxy) is 1. The molecule has 1 nitrogen and oxygen atoms in total. The maximum absolute atomic E-state index is 13.1. The summed E-state index contributed by atoms with van der Waals surface area (Å²) in [5, 5.41) is 1.69. The summed E-state index contributed by atoms with van der Waals surface area (Å²) in [5.41, 5.74) is 0. The molecule has 0 spiro atoms. The number of hydrogen-bond acceptors (Lipinski definition) is 2. The molecule has 0 saturated carbocycles. The maximum atomic E-state index is 13.1. The van der Waals surface area contributed by atoms with Crippen LogP contribution in [0.15, 0.2) is 18.2 Å². The molecule has 0 aliphatic carbocycles. The molecule has 1 aromatic carbocycles. The Bertz CT molecular complexity index is 466. The molecule has 2 rings (SSSR count). The number of fused-ring (bicyclic) bond motifs is 1. The second-order valence-electron chi connectivity index (χ2n) is 2.87. The van der Waals surface area contributed by atoms with E-state index in [9.17, 15) is 4.39 Å². The first-order valence-corrected chi connectivity index (χ1v) is 6.00. The number of methoxy groups -OCH3 is 1. The van der Waals surface area contributed by atoms with Crippen LogP contribution in [0.2, 0.25) is 0 Å². The van der Waals surface area contributed by atoms with Gasteiger partial charge in [-0.2, -0.15) is 0 Å². The van der Waals surface area contributed by atoms with Crippen molar-refractivity contribution in [2.45, 2.75) is 5.33 Å². The third-order valence-corrected chi connectivity index (χ3v) is 4.09. The lowest BCUT2D eigenvalue weighted by molar-refractivity contribution is 0.417. The van der Waals surface area contributed by atoms with Gasteiger partial charge in [0.25, 0.3) is 0 Å². The average Bonchev–Trinajstić information content (AvgIpc) is 2.59. The molecule has 0 amide bonds. The summed E-state index contributed by atoms with van der Waals surface area (Å²) in [5.74, 6) is 0.352. The lowest BCUT2D eigenvalue weighted by atomic mass is 10.2. The molecule has 0 aliphatic heterocycles. The predicted molar refractivity (Wildman–Crippen MR) is 61.0 cm³/mol. The summed E-state index contributed by atoms with van der Waals surface area (Å²) in [6, 6.07) is 4.91. The van der Waals surface area contributed by atoms with Gasteiger partial charge in [0.05, 0.1) is 11.8 Å². The van der Waals surface area contributed by atoms with Crippen molar-refractivity contribution in [3.8, 4) is 5.75 Å². The Kier molecular flexibility index (Phi) is 2.74. The minimum absolute atomic E-state index is 0.256. The van der Waals surface area contributed by atoms with Gasteiger partial charge in [-0.25, -0.2) is 4.39 Å². The summed E-state index contributed by atoms with van der Waals surface area (Å²) in [7, 11) is 1.56. The molecule has 1 heterocycles. The molecule has 0 atom stereocenters. The molecule has 0 radical (unpaired) electrons. The third-order valence-electron chi connectivity index (χ3n) is 1.95. The van der Waals surface area contributed by atoms with E-state index < -0.39 is 0 Å². The highest BCUT2D eigenvalue weighted by Gasteiger charge is 2.08. The van der Waals surface area contributed by atoms with Crippen LogP contribution < -0.4 is 4.74 Å².